The van der Waals surface area contributed by atoms with E-state index in [0.29, 0.717) is 23.5 Å². The third-order valence-electron chi connectivity index (χ3n) is 4.74. The van der Waals surface area contributed by atoms with Gasteiger partial charge in [-0.15, -0.1) is 0 Å². The first-order valence-electron chi connectivity index (χ1n) is 10.0. The number of aryl methyl sites for hydroxylation is 2. The molecule has 0 aliphatic rings. The maximum atomic E-state index is 12.7. The van der Waals surface area contributed by atoms with Crippen LogP contribution >= 0.6 is 0 Å². The number of carbonyl (C=O) groups excluding carboxylic acids is 1. The first-order valence-corrected chi connectivity index (χ1v) is 11.5. The summed E-state index contributed by atoms with van der Waals surface area (Å²) in [7, 11) is -3.74. The summed E-state index contributed by atoms with van der Waals surface area (Å²) < 4.78 is 33.8. The van der Waals surface area contributed by atoms with Crippen LogP contribution in [0.5, 0.6) is 5.75 Å². The summed E-state index contributed by atoms with van der Waals surface area (Å²) in [5.74, 6) is 0.318. The Morgan fingerprint density at radius 1 is 0.968 bits per heavy atom. The molecule has 1 amide bonds. The van der Waals surface area contributed by atoms with Crippen LogP contribution in [-0.2, 0) is 14.8 Å². The molecule has 3 aromatic rings. The molecule has 3 rings (SSSR count). The topological polar surface area (TPSA) is 84.5 Å². The molecule has 0 saturated carbocycles. The molecule has 0 aliphatic heterocycles. The van der Waals surface area contributed by atoms with Gasteiger partial charge < -0.3 is 10.1 Å². The Kier molecular flexibility index (Phi) is 6.97. The van der Waals surface area contributed by atoms with Gasteiger partial charge in [0.2, 0.25) is 0 Å². The molecule has 162 valence electrons. The largest absolute Gasteiger partial charge is 0.481 e. The van der Waals surface area contributed by atoms with E-state index in [1.807, 2.05) is 51.1 Å². The highest BCUT2D eigenvalue weighted by Crippen LogP contribution is 2.22. The van der Waals surface area contributed by atoms with Crippen LogP contribution in [0.25, 0.3) is 0 Å². The van der Waals surface area contributed by atoms with Crippen molar-refractivity contribution in [1.29, 1.82) is 0 Å². The second kappa shape index (κ2) is 9.66. The van der Waals surface area contributed by atoms with Crippen LogP contribution in [-0.4, -0.2) is 20.4 Å². The minimum absolute atomic E-state index is 0.109. The molecule has 0 fully saturated rings. The van der Waals surface area contributed by atoms with Gasteiger partial charge in [0.1, 0.15) is 5.75 Å². The molecule has 0 aliphatic carbocycles. The van der Waals surface area contributed by atoms with Crippen LogP contribution in [0, 0.1) is 13.8 Å². The number of amides is 1. The van der Waals surface area contributed by atoms with E-state index >= 15 is 0 Å². The molecule has 6 nitrogen and oxygen atoms in total. The fourth-order valence-electron chi connectivity index (χ4n) is 3.06. The van der Waals surface area contributed by atoms with Crippen molar-refractivity contribution in [3.05, 3.63) is 83.9 Å². The summed E-state index contributed by atoms with van der Waals surface area (Å²) in [6.07, 6.45) is -0.162. The molecule has 0 heterocycles. The SMILES string of the molecule is CC[C@H](Oc1ccccc1)C(=O)Nc1ccc(S(=O)(=O)Nc2ccc(C)cc2C)cc1. The Hall–Kier alpha value is -3.32. The van der Waals surface area contributed by atoms with Crippen LogP contribution in [0.2, 0.25) is 0 Å². The summed E-state index contributed by atoms with van der Waals surface area (Å²) in [6, 6.07) is 20.7. The lowest BCUT2D eigenvalue weighted by Gasteiger charge is -2.17. The fourth-order valence-corrected chi connectivity index (χ4v) is 4.19. The van der Waals surface area contributed by atoms with Crippen molar-refractivity contribution < 1.29 is 17.9 Å². The van der Waals surface area contributed by atoms with Gasteiger partial charge in [0, 0.05) is 5.69 Å². The molecule has 2 N–H and O–H groups in total. The Labute approximate surface area is 183 Å². The molecule has 3 aromatic carbocycles. The van der Waals surface area contributed by atoms with Gasteiger partial charge in [-0.2, -0.15) is 0 Å². The third kappa shape index (κ3) is 5.86. The van der Waals surface area contributed by atoms with Crippen LogP contribution < -0.4 is 14.8 Å². The zero-order chi connectivity index (χ0) is 22.4. The third-order valence-corrected chi connectivity index (χ3v) is 6.12. The average molecular weight is 439 g/mol. The summed E-state index contributed by atoms with van der Waals surface area (Å²) in [5.41, 5.74) is 2.93. The van der Waals surface area contributed by atoms with Gasteiger partial charge >= 0.3 is 0 Å². The van der Waals surface area contributed by atoms with E-state index in [9.17, 15) is 13.2 Å². The monoisotopic (exact) mass is 438 g/mol. The number of carbonyl (C=O) groups is 1. The normalized spacial score (nSPS) is 12.1. The second-order valence-electron chi connectivity index (χ2n) is 7.27. The minimum Gasteiger partial charge on any atom is -0.481 e. The number of ether oxygens (including phenoxy) is 1. The number of rotatable bonds is 8. The van der Waals surface area contributed by atoms with E-state index in [4.69, 9.17) is 4.74 Å². The number of nitrogens with one attached hydrogen (secondary N) is 2. The van der Waals surface area contributed by atoms with Crippen LogP contribution in [0.4, 0.5) is 11.4 Å². The molecule has 0 bridgehead atoms. The number of sulfonamides is 1. The summed E-state index contributed by atoms with van der Waals surface area (Å²) >= 11 is 0. The molecular formula is C24H26N2O4S. The van der Waals surface area contributed by atoms with Gasteiger partial charge in [-0.3, -0.25) is 9.52 Å². The summed E-state index contributed by atoms with van der Waals surface area (Å²) in [6.45, 7) is 5.67. The lowest BCUT2D eigenvalue weighted by atomic mass is 10.1. The zero-order valence-corrected chi connectivity index (χ0v) is 18.6. The number of benzene rings is 3. The van der Waals surface area contributed by atoms with Crippen molar-refractivity contribution in [3.63, 3.8) is 0 Å². The fraction of sp³-hybridized carbons (Fsp3) is 0.208. The van der Waals surface area contributed by atoms with E-state index in [0.717, 1.165) is 11.1 Å². The molecular weight excluding hydrogens is 412 g/mol. The van der Waals surface area contributed by atoms with Crippen molar-refractivity contribution in [2.45, 2.75) is 38.2 Å². The van der Waals surface area contributed by atoms with E-state index in [1.54, 1.807) is 30.3 Å². The molecule has 0 aromatic heterocycles. The predicted octanol–water partition coefficient (Wildman–Crippen LogP) is 4.90. The molecule has 0 unspecified atom stereocenters. The molecule has 0 radical (unpaired) electrons. The van der Waals surface area contributed by atoms with Crippen molar-refractivity contribution in [2.75, 3.05) is 10.0 Å². The van der Waals surface area contributed by atoms with E-state index in [-0.39, 0.29) is 10.8 Å². The van der Waals surface area contributed by atoms with Gasteiger partial charge in [0.05, 0.1) is 10.6 Å². The van der Waals surface area contributed by atoms with Gasteiger partial charge in [0.15, 0.2) is 6.10 Å². The number of hydrogen-bond acceptors (Lipinski definition) is 4. The van der Waals surface area contributed by atoms with E-state index in [1.165, 1.54) is 12.1 Å². The highest BCUT2D eigenvalue weighted by molar-refractivity contribution is 7.92. The Morgan fingerprint density at radius 3 is 2.26 bits per heavy atom. The van der Waals surface area contributed by atoms with Crippen molar-refractivity contribution in [3.8, 4) is 5.75 Å². The number of para-hydroxylation sites is 1. The Morgan fingerprint density at radius 2 is 1.65 bits per heavy atom. The van der Waals surface area contributed by atoms with Gasteiger partial charge in [-0.05, 0) is 68.3 Å². The second-order valence-corrected chi connectivity index (χ2v) is 8.95. The van der Waals surface area contributed by atoms with Crippen molar-refractivity contribution in [2.24, 2.45) is 0 Å². The van der Waals surface area contributed by atoms with Crippen molar-refractivity contribution in [1.82, 2.24) is 0 Å². The van der Waals surface area contributed by atoms with Crippen molar-refractivity contribution >= 4 is 27.3 Å². The van der Waals surface area contributed by atoms with Gasteiger partial charge in [0.25, 0.3) is 15.9 Å². The molecule has 0 saturated heterocycles. The Balaban J connectivity index is 1.68. The number of anilines is 2. The first kappa shape index (κ1) is 22.4. The van der Waals surface area contributed by atoms with E-state index < -0.39 is 16.1 Å². The minimum atomic E-state index is -3.74. The maximum absolute atomic E-state index is 12.7. The molecule has 0 spiro atoms. The first-order chi connectivity index (χ1) is 14.8. The van der Waals surface area contributed by atoms with Gasteiger partial charge in [-0.1, -0.05) is 42.8 Å². The molecule has 1 atom stereocenters. The standard InChI is InChI=1S/C24H26N2O4S/c1-4-23(30-20-8-6-5-7-9-20)24(27)25-19-11-13-21(14-12-19)31(28,29)26-22-15-10-17(2)16-18(22)3/h5-16,23,26H,4H2,1-3H3,(H,25,27)/t23-/m0/s1. The zero-order valence-electron chi connectivity index (χ0n) is 17.8. The van der Waals surface area contributed by atoms with Crippen LogP contribution in [0.3, 0.4) is 0 Å². The number of hydrogen-bond donors (Lipinski definition) is 2. The summed E-state index contributed by atoms with van der Waals surface area (Å²) in [4.78, 5) is 12.7. The predicted molar refractivity (Wildman–Crippen MR) is 123 cm³/mol. The quantitative estimate of drug-likeness (QED) is 0.524. The van der Waals surface area contributed by atoms with Gasteiger partial charge in [-0.25, -0.2) is 8.42 Å². The summed E-state index contributed by atoms with van der Waals surface area (Å²) in [5, 5.41) is 2.78. The highest BCUT2D eigenvalue weighted by Gasteiger charge is 2.19. The average Bonchev–Trinajstić information content (AvgIpc) is 2.75. The van der Waals surface area contributed by atoms with Crippen LogP contribution in [0.15, 0.2) is 77.7 Å². The lowest BCUT2D eigenvalue weighted by molar-refractivity contribution is -0.122. The smallest absolute Gasteiger partial charge is 0.265 e. The van der Waals surface area contributed by atoms with E-state index in [2.05, 4.69) is 10.0 Å². The van der Waals surface area contributed by atoms with Crippen LogP contribution in [0.1, 0.15) is 24.5 Å². The molecule has 31 heavy (non-hydrogen) atoms. The lowest BCUT2D eigenvalue weighted by Crippen LogP contribution is -2.32. The Bertz CT molecular complexity index is 1140. The molecule has 7 heteroatoms. The highest BCUT2D eigenvalue weighted by atomic mass is 32.2. The maximum Gasteiger partial charge on any atom is 0.265 e.